The summed E-state index contributed by atoms with van der Waals surface area (Å²) >= 11 is 0. The zero-order chi connectivity index (χ0) is 21.1. The second kappa shape index (κ2) is 9.16. The molecule has 0 bridgehead atoms. The molecule has 0 fully saturated rings. The van der Waals surface area contributed by atoms with E-state index >= 15 is 0 Å². The summed E-state index contributed by atoms with van der Waals surface area (Å²) in [5, 5.41) is 0. The number of hydrogen-bond acceptors (Lipinski definition) is 2. The molecule has 2 unspecified atom stereocenters. The highest BCUT2D eigenvalue weighted by atomic mass is 16.5. The van der Waals surface area contributed by atoms with Crippen LogP contribution in [-0.4, -0.2) is 32.6 Å². The molecule has 0 saturated carbocycles. The van der Waals surface area contributed by atoms with E-state index in [1.54, 1.807) is 0 Å². The molecule has 2 nitrogen and oxygen atoms in total. The minimum absolute atomic E-state index is 0.215. The highest BCUT2D eigenvalue weighted by Gasteiger charge is 2.29. The molecular weight excluding hydrogens is 366 g/mol. The first-order valence-electron chi connectivity index (χ1n) is 11.0. The monoisotopic (exact) mass is 399 g/mol. The largest absolute Gasteiger partial charge is 0.376 e. The first-order valence-corrected chi connectivity index (χ1v) is 11.0. The van der Waals surface area contributed by atoms with Crippen LogP contribution < -0.4 is 0 Å². The van der Waals surface area contributed by atoms with Crippen molar-refractivity contribution in [1.82, 2.24) is 4.90 Å². The summed E-state index contributed by atoms with van der Waals surface area (Å²) in [6.45, 7) is 3.24. The fourth-order valence-electron chi connectivity index (χ4n) is 4.67. The molecule has 1 aliphatic carbocycles. The van der Waals surface area contributed by atoms with Gasteiger partial charge < -0.3 is 9.64 Å². The van der Waals surface area contributed by atoms with Gasteiger partial charge in [0.2, 0.25) is 0 Å². The molecule has 156 valence electrons. The Hall–Kier alpha value is -2.42. The van der Waals surface area contributed by atoms with Crippen molar-refractivity contribution in [3.8, 4) is 22.3 Å². The van der Waals surface area contributed by atoms with Gasteiger partial charge in [0, 0.05) is 7.11 Å². The standard InChI is InChI=1S/C28H33NO/c1-20-5-7-21(8-6-20)22-9-11-23(12-10-22)25-15-16-27-26(19-25)14-13-24(28(27)30-4)17-18-29(2)3/h5-12,15-16,19,24,28H,13-14,17-18H2,1-4H3. The Balaban J connectivity index is 1.55. The third kappa shape index (κ3) is 4.50. The molecule has 0 N–H and O–H groups in total. The van der Waals surface area contributed by atoms with Crippen LogP contribution in [0.1, 0.15) is 35.6 Å². The van der Waals surface area contributed by atoms with Gasteiger partial charge >= 0.3 is 0 Å². The predicted octanol–water partition coefficient (Wildman–Crippen LogP) is 6.53. The molecule has 1 aliphatic rings. The van der Waals surface area contributed by atoms with E-state index in [1.807, 2.05) is 7.11 Å². The Morgan fingerprint density at radius 1 is 0.833 bits per heavy atom. The molecule has 3 aromatic carbocycles. The average molecular weight is 400 g/mol. The van der Waals surface area contributed by atoms with E-state index in [1.165, 1.54) is 51.8 Å². The van der Waals surface area contributed by atoms with E-state index in [4.69, 9.17) is 4.74 Å². The maximum absolute atomic E-state index is 5.96. The summed E-state index contributed by atoms with van der Waals surface area (Å²) in [5.74, 6) is 0.601. The van der Waals surface area contributed by atoms with E-state index < -0.39 is 0 Å². The van der Waals surface area contributed by atoms with Crippen molar-refractivity contribution in [2.45, 2.75) is 32.3 Å². The minimum atomic E-state index is 0.215. The minimum Gasteiger partial charge on any atom is -0.376 e. The lowest BCUT2D eigenvalue weighted by molar-refractivity contribution is 0.0343. The average Bonchev–Trinajstić information content (AvgIpc) is 2.77. The molecule has 0 saturated heterocycles. The first kappa shape index (κ1) is 20.8. The molecule has 0 aliphatic heterocycles. The van der Waals surface area contributed by atoms with Crippen LogP contribution in [0.5, 0.6) is 0 Å². The summed E-state index contributed by atoms with van der Waals surface area (Å²) in [7, 11) is 6.16. The van der Waals surface area contributed by atoms with Crippen molar-refractivity contribution in [1.29, 1.82) is 0 Å². The third-order valence-corrected chi connectivity index (χ3v) is 6.47. The maximum atomic E-state index is 5.96. The third-order valence-electron chi connectivity index (χ3n) is 6.47. The Kier molecular flexibility index (Phi) is 6.36. The highest BCUT2D eigenvalue weighted by molar-refractivity contribution is 5.71. The van der Waals surface area contributed by atoms with Gasteiger partial charge in [-0.3, -0.25) is 0 Å². The number of methoxy groups -OCH3 is 1. The number of fused-ring (bicyclic) bond motifs is 1. The topological polar surface area (TPSA) is 12.5 Å². The second-order valence-corrected chi connectivity index (χ2v) is 8.90. The van der Waals surface area contributed by atoms with Gasteiger partial charge in [0.1, 0.15) is 0 Å². The Morgan fingerprint density at radius 3 is 2.00 bits per heavy atom. The normalized spacial score (nSPS) is 18.4. The van der Waals surface area contributed by atoms with Crippen LogP contribution in [0.4, 0.5) is 0 Å². The molecule has 30 heavy (non-hydrogen) atoms. The van der Waals surface area contributed by atoms with Crippen LogP contribution in [0.3, 0.4) is 0 Å². The summed E-state index contributed by atoms with van der Waals surface area (Å²) in [4.78, 5) is 2.27. The molecule has 0 radical (unpaired) electrons. The van der Waals surface area contributed by atoms with Crippen LogP contribution in [0, 0.1) is 12.8 Å². The number of nitrogens with zero attached hydrogens (tertiary/aromatic N) is 1. The summed E-state index contributed by atoms with van der Waals surface area (Å²) in [6, 6.07) is 24.6. The van der Waals surface area contributed by atoms with Gasteiger partial charge in [0.15, 0.2) is 0 Å². The lowest BCUT2D eigenvalue weighted by Gasteiger charge is -2.33. The summed E-state index contributed by atoms with van der Waals surface area (Å²) in [6.07, 6.45) is 3.75. The molecule has 2 heteroatoms. The zero-order valence-corrected chi connectivity index (χ0v) is 18.7. The fraction of sp³-hybridized carbons (Fsp3) is 0.357. The van der Waals surface area contributed by atoms with Crippen molar-refractivity contribution < 1.29 is 4.74 Å². The van der Waals surface area contributed by atoms with Crippen molar-refractivity contribution >= 4 is 0 Å². The van der Waals surface area contributed by atoms with Gasteiger partial charge in [-0.1, -0.05) is 72.3 Å². The smallest absolute Gasteiger partial charge is 0.0852 e. The number of aryl methyl sites for hydroxylation is 2. The van der Waals surface area contributed by atoms with Crippen LogP contribution in [0.15, 0.2) is 66.7 Å². The first-order chi connectivity index (χ1) is 14.5. The molecule has 2 atom stereocenters. The van der Waals surface area contributed by atoms with Gasteiger partial charge in [-0.2, -0.15) is 0 Å². The van der Waals surface area contributed by atoms with Gasteiger partial charge in [-0.05, 0) is 86.1 Å². The summed E-state index contributed by atoms with van der Waals surface area (Å²) < 4.78 is 5.96. The van der Waals surface area contributed by atoms with Crippen LogP contribution in [0.2, 0.25) is 0 Å². The van der Waals surface area contributed by atoms with E-state index in [0.29, 0.717) is 5.92 Å². The van der Waals surface area contributed by atoms with E-state index in [-0.39, 0.29) is 6.10 Å². The Bertz CT molecular complexity index is 973. The van der Waals surface area contributed by atoms with Gasteiger partial charge in [-0.15, -0.1) is 0 Å². The lowest BCUT2D eigenvalue weighted by atomic mass is 9.78. The summed E-state index contributed by atoms with van der Waals surface area (Å²) in [5.41, 5.74) is 9.23. The SMILES string of the molecule is COC1c2ccc(-c3ccc(-c4ccc(C)cc4)cc3)cc2CCC1CCN(C)C. The quantitative estimate of drug-likeness (QED) is 0.467. The molecule has 0 aromatic heterocycles. The van der Waals surface area contributed by atoms with E-state index in [0.717, 1.165) is 13.0 Å². The van der Waals surface area contributed by atoms with Crippen molar-refractivity contribution in [2.24, 2.45) is 5.92 Å². The molecular formula is C28H33NO. The second-order valence-electron chi connectivity index (χ2n) is 8.90. The van der Waals surface area contributed by atoms with Crippen molar-refractivity contribution in [2.75, 3.05) is 27.7 Å². The molecule has 0 spiro atoms. The van der Waals surface area contributed by atoms with Crippen LogP contribution in [0.25, 0.3) is 22.3 Å². The van der Waals surface area contributed by atoms with Crippen LogP contribution in [-0.2, 0) is 11.2 Å². The van der Waals surface area contributed by atoms with Gasteiger partial charge in [0.05, 0.1) is 6.10 Å². The molecule has 0 heterocycles. The van der Waals surface area contributed by atoms with E-state index in [2.05, 4.69) is 92.6 Å². The number of hydrogen-bond donors (Lipinski definition) is 0. The van der Waals surface area contributed by atoms with Crippen molar-refractivity contribution in [3.05, 3.63) is 83.4 Å². The number of rotatable bonds is 6. The molecule has 0 amide bonds. The number of benzene rings is 3. The van der Waals surface area contributed by atoms with Gasteiger partial charge in [-0.25, -0.2) is 0 Å². The lowest BCUT2D eigenvalue weighted by Crippen LogP contribution is -2.26. The Labute approximate surface area is 181 Å². The number of ether oxygens (including phenoxy) is 1. The zero-order valence-electron chi connectivity index (χ0n) is 18.7. The predicted molar refractivity (Wildman–Crippen MR) is 127 cm³/mol. The maximum Gasteiger partial charge on any atom is 0.0852 e. The molecule has 4 rings (SSSR count). The fourth-order valence-corrected chi connectivity index (χ4v) is 4.67. The van der Waals surface area contributed by atoms with Gasteiger partial charge in [0.25, 0.3) is 0 Å². The van der Waals surface area contributed by atoms with Crippen LogP contribution >= 0.6 is 0 Å². The van der Waals surface area contributed by atoms with E-state index in [9.17, 15) is 0 Å². The Morgan fingerprint density at radius 2 is 1.40 bits per heavy atom. The van der Waals surface area contributed by atoms with Crippen molar-refractivity contribution in [3.63, 3.8) is 0 Å². The highest BCUT2D eigenvalue weighted by Crippen LogP contribution is 2.40. The molecule has 3 aromatic rings.